The van der Waals surface area contributed by atoms with Crippen molar-refractivity contribution in [2.75, 3.05) is 5.32 Å². The SMILES string of the molecule is O=C(Nc1ccc(Br)cn1)C1CCC2CCCCC2C1. The average molecular weight is 337 g/mol. The van der Waals surface area contributed by atoms with Crippen molar-refractivity contribution in [1.82, 2.24) is 4.98 Å². The summed E-state index contributed by atoms with van der Waals surface area (Å²) in [6.45, 7) is 0. The third kappa shape index (κ3) is 3.22. The van der Waals surface area contributed by atoms with E-state index < -0.39 is 0 Å². The number of anilines is 1. The van der Waals surface area contributed by atoms with Crippen molar-refractivity contribution in [1.29, 1.82) is 0 Å². The summed E-state index contributed by atoms with van der Waals surface area (Å²) in [6.07, 6.45) is 10.5. The highest BCUT2D eigenvalue weighted by Crippen LogP contribution is 2.42. The van der Waals surface area contributed by atoms with E-state index in [1.807, 2.05) is 12.1 Å². The van der Waals surface area contributed by atoms with Gasteiger partial charge in [0, 0.05) is 16.6 Å². The number of halogens is 1. The standard InChI is InChI=1S/C16H21BrN2O/c17-14-7-8-15(18-10-14)19-16(20)13-6-5-11-3-1-2-4-12(11)9-13/h7-8,10-13H,1-6,9H2,(H,18,19,20). The number of carbonyl (C=O) groups is 1. The molecule has 108 valence electrons. The molecule has 2 saturated carbocycles. The molecule has 3 unspecified atom stereocenters. The molecule has 0 radical (unpaired) electrons. The van der Waals surface area contributed by atoms with Gasteiger partial charge in [-0.1, -0.05) is 25.7 Å². The van der Waals surface area contributed by atoms with Crippen LogP contribution in [0.15, 0.2) is 22.8 Å². The van der Waals surface area contributed by atoms with Gasteiger partial charge < -0.3 is 5.32 Å². The molecule has 3 atom stereocenters. The summed E-state index contributed by atoms with van der Waals surface area (Å²) >= 11 is 3.35. The first kappa shape index (κ1) is 14.1. The first-order chi connectivity index (χ1) is 9.72. The summed E-state index contributed by atoms with van der Waals surface area (Å²) < 4.78 is 0.929. The molecule has 0 aromatic carbocycles. The minimum Gasteiger partial charge on any atom is -0.310 e. The van der Waals surface area contributed by atoms with Gasteiger partial charge in [0.05, 0.1) is 0 Å². The van der Waals surface area contributed by atoms with Crippen LogP contribution in [0.25, 0.3) is 0 Å². The predicted octanol–water partition coefficient (Wildman–Crippen LogP) is 4.39. The summed E-state index contributed by atoms with van der Waals surface area (Å²) in [6, 6.07) is 3.74. The zero-order valence-corrected chi connectivity index (χ0v) is 13.2. The Morgan fingerprint density at radius 3 is 2.70 bits per heavy atom. The van der Waals surface area contributed by atoms with Crippen molar-refractivity contribution >= 4 is 27.7 Å². The second-order valence-electron chi connectivity index (χ2n) is 6.17. The molecule has 1 heterocycles. The van der Waals surface area contributed by atoms with Crippen molar-refractivity contribution in [3.05, 3.63) is 22.8 Å². The van der Waals surface area contributed by atoms with E-state index in [1.54, 1.807) is 6.20 Å². The number of hydrogen-bond acceptors (Lipinski definition) is 2. The van der Waals surface area contributed by atoms with Gasteiger partial charge in [0.1, 0.15) is 5.82 Å². The van der Waals surface area contributed by atoms with Crippen molar-refractivity contribution in [2.24, 2.45) is 17.8 Å². The van der Waals surface area contributed by atoms with Crippen molar-refractivity contribution < 1.29 is 4.79 Å². The third-order valence-corrected chi connectivity index (χ3v) is 5.36. The van der Waals surface area contributed by atoms with E-state index in [0.29, 0.717) is 5.82 Å². The summed E-state index contributed by atoms with van der Waals surface area (Å²) in [5.74, 6) is 2.66. The third-order valence-electron chi connectivity index (χ3n) is 4.89. The largest absolute Gasteiger partial charge is 0.310 e. The molecule has 4 heteroatoms. The molecule has 0 spiro atoms. The van der Waals surface area contributed by atoms with Gasteiger partial charge in [0.25, 0.3) is 0 Å². The van der Waals surface area contributed by atoms with Gasteiger partial charge in [-0.3, -0.25) is 4.79 Å². The van der Waals surface area contributed by atoms with Crippen LogP contribution in [0, 0.1) is 17.8 Å². The highest BCUT2D eigenvalue weighted by atomic mass is 79.9. The average Bonchev–Trinajstić information content (AvgIpc) is 2.49. The van der Waals surface area contributed by atoms with Gasteiger partial charge in [0.15, 0.2) is 0 Å². The lowest BCUT2D eigenvalue weighted by atomic mass is 9.67. The lowest BCUT2D eigenvalue weighted by Gasteiger charge is -2.38. The molecule has 2 fully saturated rings. The number of fused-ring (bicyclic) bond motifs is 1. The maximum absolute atomic E-state index is 12.4. The molecule has 3 rings (SSSR count). The van der Waals surface area contributed by atoms with Crippen molar-refractivity contribution in [2.45, 2.75) is 44.9 Å². The van der Waals surface area contributed by atoms with Gasteiger partial charge in [-0.05, 0) is 59.2 Å². The van der Waals surface area contributed by atoms with Gasteiger partial charge in [-0.2, -0.15) is 0 Å². The highest BCUT2D eigenvalue weighted by Gasteiger charge is 2.34. The minimum absolute atomic E-state index is 0.156. The highest BCUT2D eigenvalue weighted by molar-refractivity contribution is 9.10. The van der Waals surface area contributed by atoms with E-state index in [-0.39, 0.29) is 11.8 Å². The van der Waals surface area contributed by atoms with Crippen LogP contribution >= 0.6 is 15.9 Å². The molecule has 1 N–H and O–H groups in total. The minimum atomic E-state index is 0.156. The van der Waals surface area contributed by atoms with Gasteiger partial charge in [-0.15, -0.1) is 0 Å². The summed E-state index contributed by atoms with van der Waals surface area (Å²) in [4.78, 5) is 16.6. The van der Waals surface area contributed by atoms with Crippen LogP contribution in [-0.4, -0.2) is 10.9 Å². The lowest BCUT2D eigenvalue weighted by Crippen LogP contribution is -2.34. The van der Waals surface area contributed by atoms with Gasteiger partial charge in [0.2, 0.25) is 5.91 Å². The molecular weight excluding hydrogens is 316 g/mol. The van der Waals surface area contributed by atoms with E-state index in [1.165, 1.54) is 32.1 Å². The van der Waals surface area contributed by atoms with Gasteiger partial charge in [-0.25, -0.2) is 4.98 Å². The number of amides is 1. The zero-order chi connectivity index (χ0) is 13.9. The maximum atomic E-state index is 12.4. The molecule has 0 bridgehead atoms. The zero-order valence-electron chi connectivity index (χ0n) is 11.6. The molecule has 3 nitrogen and oxygen atoms in total. The Bertz CT molecular complexity index is 474. The number of nitrogens with one attached hydrogen (secondary N) is 1. The van der Waals surface area contributed by atoms with E-state index >= 15 is 0 Å². The van der Waals surface area contributed by atoms with Crippen LogP contribution < -0.4 is 5.32 Å². The Hall–Kier alpha value is -0.900. The number of pyridine rings is 1. The number of nitrogens with zero attached hydrogens (tertiary/aromatic N) is 1. The van der Waals surface area contributed by atoms with E-state index in [2.05, 4.69) is 26.2 Å². The number of rotatable bonds is 2. The number of aromatic nitrogens is 1. The maximum Gasteiger partial charge on any atom is 0.228 e. The molecule has 1 aromatic heterocycles. The Morgan fingerprint density at radius 1 is 1.15 bits per heavy atom. The van der Waals surface area contributed by atoms with Crippen molar-refractivity contribution in [3.8, 4) is 0 Å². The fraction of sp³-hybridized carbons (Fsp3) is 0.625. The molecule has 0 saturated heterocycles. The Kier molecular flexibility index (Phi) is 4.39. The molecule has 2 aliphatic carbocycles. The lowest BCUT2D eigenvalue weighted by molar-refractivity contribution is -0.122. The van der Waals surface area contributed by atoms with E-state index in [0.717, 1.165) is 29.2 Å². The summed E-state index contributed by atoms with van der Waals surface area (Å²) in [5, 5.41) is 2.96. The van der Waals surface area contributed by atoms with E-state index in [9.17, 15) is 4.79 Å². The second-order valence-corrected chi connectivity index (χ2v) is 7.08. The monoisotopic (exact) mass is 336 g/mol. The van der Waals surface area contributed by atoms with Crippen LogP contribution in [-0.2, 0) is 4.79 Å². The van der Waals surface area contributed by atoms with Crippen LogP contribution in [0.3, 0.4) is 0 Å². The van der Waals surface area contributed by atoms with Crippen LogP contribution in [0.5, 0.6) is 0 Å². The molecule has 1 amide bonds. The van der Waals surface area contributed by atoms with Crippen molar-refractivity contribution in [3.63, 3.8) is 0 Å². The van der Waals surface area contributed by atoms with Crippen LogP contribution in [0.1, 0.15) is 44.9 Å². The Morgan fingerprint density at radius 2 is 1.95 bits per heavy atom. The Balaban J connectivity index is 1.58. The quantitative estimate of drug-likeness (QED) is 0.870. The van der Waals surface area contributed by atoms with E-state index in [4.69, 9.17) is 0 Å². The number of carbonyl (C=O) groups excluding carboxylic acids is 1. The fourth-order valence-corrected chi connectivity index (χ4v) is 4.02. The summed E-state index contributed by atoms with van der Waals surface area (Å²) in [5.41, 5.74) is 0. The second kappa shape index (κ2) is 6.25. The number of hydrogen-bond donors (Lipinski definition) is 1. The molecule has 0 aliphatic heterocycles. The molecule has 2 aliphatic rings. The molecule has 1 aromatic rings. The molecule has 20 heavy (non-hydrogen) atoms. The first-order valence-corrected chi connectivity index (χ1v) is 8.44. The smallest absolute Gasteiger partial charge is 0.228 e. The topological polar surface area (TPSA) is 42.0 Å². The van der Waals surface area contributed by atoms with Crippen LogP contribution in [0.2, 0.25) is 0 Å². The van der Waals surface area contributed by atoms with Crippen LogP contribution in [0.4, 0.5) is 5.82 Å². The summed E-state index contributed by atoms with van der Waals surface area (Å²) in [7, 11) is 0. The van der Waals surface area contributed by atoms with Gasteiger partial charge >= 0.3 is 0 Å². The molecular formula is C16H21BrN2O. The predicted molar refractivity (Wildman–Crippen MR) is 83.4 cm³/mol. The fourth-order valence-electron chi connectivity index (χ4n) is 3.79. The normalized spacial score (nSPS) is 29.6. The Labute approximate surface area is 128 Å². The first-order valence-electron chi connectivity index (χ1n) is 7.65.